The monoisotopic (exact) mass is 268 g/mol. The van der Waals surface area contributed by atoms with Gasteiger partial charge in [0.05, 0.1) is 6.10 Å². The molecular weight excluding hydrogens is 248 g/mol. The molecule has 0 amide bonds. The lowest BCUT2D eigenvalue weighted by Crippen LogP contribution is -2.21. The van der Waals surface area contributed by atoms with Crippen molar-refractivity contribution in [2.24, 2.45) is 5.92 Å². The Morgan fingerprint density at radius 2 is 1.83 bits per heavy atom. The third kappa shape index (κ3) is 3.56. The van der Waals surface area contributed by atoms with Crippen LogP contribution in [0.5, 0.6) is 0 Å². The van der Waals surface area contributed by atoms with Crippen molar-refractivity contribution in [3.05, 3.63) is 35.4 Å². The molecule has 0 fully saturated rings. The first-order valence-corrected chi connectivity index (χ1v) is 8.44. The minimum absolute atomic E-state index is 0.170. The molecule has 0 saturated heterocycles. The summed E-state index contributed by atoms with van der Waals surface area (Å²) >= 11 is 0. The number of hydrogen-bond donors (Lipinski definition) is 1. The Kier molecular flexibility index (Phi) is 4.07. The number of rotatable bonds is 5. The van der Waals surface area contributed by atoms with E-state index in [-0.39, 0.29) is 17.8 Å². The van der Waals surface area contributed by atoms with Crippen molar-refractivity contribution in [3.63, 3.8) is 0 Å². The molecule has 3 nitrogen and oxygen atoms in total. The Labute approximate surface area is 109 Å². The highest BCUT2D eigenvalue weighted by Crippen LogP contribution is 2.30. The lowest BCUT2D eigenvalue weighted by molar-refractivity contribution is 0.103. The maximum Gasteiger partial charge on any atom is 0.147 e. The van der Waals surface area contributed by atoms with E-state index < -0.39 is 9.84 Å². The fourth-order valence-electron chi connectivity index (χ4n) is 2.66. The van der Waals surface area contributed by atoms with Crippen molar-refractivity contribution in [1.82, 2.24) is 0 Å². The Morgan fingerprint density at radius 1 is 1.28 bits per heavy atom. The average molecular weight is 268 g/mol. The van der Waals surface area contributed by atoms with Gasteiger partial charge >= 0.3 is 0 Å². The summed E-state index contributed by atoms with van der Waals surface area (Å²) in [5.41, 5.74) is 2.65. The summed E-state index contributed by atoms with van der Waals surface area (Å²) < 4.78 is 22.1. The van der Waals surface area contributed by atoms with Crippen molar-refractivity contribution in [1.29, 1.82) is 0 Å². The highest BCUT2D eigenvalue weighted by Gasteiger charge is 2.26. The van der Waals surface area contributed by atoms with Crippen molar-refractivity contribution in [2.45, 2.75) is 31.8 Å². The van der Waals surface area contributed by atoms with E-state index in [1.807, 2.05) is 12.1 Å². The van der Waals surface area contributed by atoms with Crippen molar-refractivity contribution in [2.75, 3.05) is 12.0 Å². The van der Waals surface area contributed by atoms with E-state index in [1.165, 1.54) is 17.4 Å². The molecule has 0 aromatic heterocycles. The van der Waals surface area contributed by atoms with Gasteiger partial charge in [-0.3, -0.25) is 0 Å². The van der Waals surface area contributed by atoms with Gasteiger partial charge in [-0.15, -0.1) is 0 Å². The third-order valence-electron chi connectivity index (χ3n) is 3.64. The van der Waals surface area contributed by atoms with E-state index in [1.54, 1.807) is 0 Å². The highest BCUT2D eigenvalue weighted by molar-refractivity contribution is 7.90. The minimum atomic E-state index is -2.91. The Bertz CT molecular complexity index is 483. The molecule has 0 heterocycles. The molecule has 18 heavy (non-hydrogen) atoms. The molecule has 0 bridgehead atoms. The van der Waals surface area contributed by atoms with Crippen LogP contribution in [0.25, 0.3) is 0 Å². The molecule has 1 aliphatic carbocycles. The molecule has 0 spiro atoms. The Hall–Kier alpha value is -0.870. The number of sulfone groups is 1. The van der Waals surface area contributed by atoms with Crippen LogP contribution >= 0.6 is 0 Å². The normalized spacial score (nSPS) is 17.7. The summed E-state index contributed by atoms with van der Waals surface area (Å²) in [7, 11) is -2.91. The van der Waals surface area contributed by atoms with Crippen LogP contribution in [0.4, 0.5) is 0 Å². The quantitative estimate of drug-likeness (QED) is 0.882. The highest BCUT2D eigenvalue weighted by atomic mass is 32.2. The molecular formula is C14H20O3S. The number of fused-ring (bicyclic) bond motifs is 1. The average Bonchev–Trinajstić information content (AvgIpc) is 2.70. The van der Waals surface area contributed by atoms with Crippen LogP contribution < -0.4 is 0 Å². The molecule has 100 valence electrons. The largest absolute Gasteiger partial charge is 0.393 e. The van der Waals surface area contributed by atoms with Gasteiger partial charge in [0.15, 0.2) is 0 Å². The van der Waals surface area contributed by atoms with E-state index in [4.69, 9.17) is 0 Å². The number of aliphatic hydroxyl groups excluding tert-OH is 1. The van der Waals surface area contributed by atoms with E-state index in [9.17, 15) is 13.5 Å². The minimum Gasteiger partial charge on any atom is -0.393 e. The second kappa shape index (κ2) is 5.41. The van der Waals surface area contributed by atoms with Gasteiger partial charge in [0, 0.05) is 12.0 Å². The van der Waals surface area contributed by atoms with Gasteiger partial charge in [-0.2, -0.15) is 0 Å². The summed E-state index contributed by atoms with van der Waals surface area (Å²) in [5, 5.41) is 10.1. The standard InChI is InChI=1S/C14H20O3S/c1-18(16,17)8-4-7-14(15)13-9-11-5-2-3-6-12(11)10-13/h2-3,5-6,13-15H,4,7-10H2,1H3. The number of hydrogen-bond acceptors (Lipinski definition) is 3. The summed E-state index contributed by atoms with van der Waals surface area (Å²) in [6, 6.07) is 8.27. The van der Waals surface area contributed by atoms with Gasteiger partial charge in [0.25, 0.3) is 0 Å². The third-order valence-corrected chi connectivity index (χ3v) is 4.67. The van der Waals surface area contributed by atoms with Crippen LogP contribution in [-0.2, 0) is 22.7 Å². The summed E-state index contributed by atoms with van der Waals surface area (Å²) in [6.07, 6.45) is 3.80. The van der Waals surface area contributed by atoms with Gasteiger partial charge in [0.1, 0.15) is 9.84 Å². The molecule has 1 aromatic carbocycles. The number of aliphatic hydroxyl groups is 1. The van der Waals surface area contributed by atoms with Crippen LogP contribution in [0.15, 0.2) is 24.3 Å². The molecule has 2 rings (SSSR count). The molecule has 1 atom stereocenters. The topological polar surface area (TPSA) is 54.4 Å². The fourth-order valence-corrected chi connectivity index (χ4v) is 3.35. The Balaban J connectivity index is 1.84. The first-order valence-electron chi connectivity index (χ1n) is 6.38. The summed E-state index contributed by atoms with van der Waals surface area (Å²) in [5.74, 6) is 0.422. The zero-order chi connectivity index (χ0) is 13.2. The van der Waals surface area contributed by atoms with Gasteiger partial charge in [-0.05, 0) is 42.7 Å². The number of benzene rings is 1. The van der Waals surface area contributed by atoms with Crippen LogP contribution in [0.1, 0.15) is 24.0 Å². The zero-order valence-electron chi connectivity index (χ0n) is 10.7. The second-order valence-electron chi connectivity index (χ2n) is 5.28. The molecule has 0 radical (unpaired) electrons. The predicted molar refractivity (Wildman–Crippen MR) is 72.3 cm³/mol. The van der Waals surface area contributed by atoms with Gasteiger partial charge < -0.3 is 5.11 Å². The second-order valence-corrected chi connectivity index (χ2v) is 7.54. The molecule has 4 heteroatoms. The summed E-state index contributed by atoms with van der Waals surface area (Å²) in [6.45, 7) is 0. The Morgan fingerprint density at radius 3 is 2.33 bits per heavy atom. The summed E-state index contributed by atoms with van der Waals surface area (Å²) in [4.78, 5) is 0. The smallest absolute Gasteiger partial charge is 0.147 e. The van der Waals surface area contributed by atoms with Crippen LogP contribution in [0.2, 0.25) is 0 Å². The molecule has 1 aliphatic rings. The van der Waals surface area contributed by atoms with E-state index in [0.717, 1.165) is 12.8 Å². The van der Waals surface area contributed by atoms with E-state index >= 15 is 0 Å². The SMILES string of the molecule is CS(=O)(=O)CCCC(O)C1Cc2ccccc2C1. The first kappa shape index (κ1) is 13.6. The molecule has 0 saturated carbocycles. The van der Waals surface area contributed by atoms with Gasteiger partial charge in [0.2, 0.25) is 0 Å². The van der Waals surface area contributed by atoms with Crippen LogP contribution in [0.3, 0.4) is 0 Å². The fraction of sp³-hybridized carbons (Fsp3) is 0.571. The molecule has 1 unspecified atom stereocenters. The van der Waals surface area contributed by atoms with Crippen molar-refractivity contribution in [3.8, 4) is 0 Å². The molecule has 1 N–H and O–H groups in total. The zero-order valence-corrected chi connectivity index (χ0v) is 11.5. The lowest BCUT2D eigenvalue weighted by Gasteiger charge is -2.17. The van der Waals surface area contributed by atoms with Crippen LogP contribution in [0, 0.1) is 5.92 Å². The maximum atomic E-state index is 11.0. The van der Waals surface area contributed by atoms with E-state index in [2.05, 4.69) is 12.1 Å². The van der Waals surface area contributed by atoms with Gasteiger partial charge in [-0.1, -0.05) is 24.3 Å². The van der Waals surface area contributed by atoms with Gasteiger partial charge in [-0.25, -0.2) is 8.42 Å². The van der Waals surface area contributed by atoms with Crippen LogP contribution in [-0.4, -0.2) is 31.6 Å². The molecule has 1 aromatic rings. The maximum absolute atomic E-state index is 11.0. The van der Waals surface area contributed by atoms with Crippen molar-refractivity contribution >= 4 is 9.84 Å². The van der Waals surface area contributed by atoms with E-state index in [0.29, 0.717) is 12.8 Å². The first-order chi connectivity index (χ1) is 8.46. The predicted octanol–water partition coefficient (Wildman–Crippen LogP) is 1.59. The lowest BCUT2D eigenvalue weighted by atomic mass is 9.96. The molecule has 0 aliphatic heterocycles. The van der Waals surface area contributed by atoms with Crippen molar-refractivity contribution < 1.29 is 13.5 Å².